The lowest BCUT2D eigenvalue weighted by atomic mass is 10.2. The molecule has 0 aliphatic rings. The summed E-state index contributed by atoms with van der Waals surface area (Å²) >= 11 is 1.15. The van der Waals surface area contributed by atoms with Crippen molar-refractivity contribution in [2.45, 2.75) is 23.5 Å². The molecule has 0 heterocycles. The van der Waals surface area contributed by atoms with Crippen molar-refractivity contribution < 1.29 is 14.5 Å². The van der Waals surface area contributed by atoms with Crippen LogP contribution in [-0.4, -0.2) is 23.1 Å². The highest BCUT2D eigenvalue weighted by Crippen LogP contribution is 2.38. The smallest absolute Gasteiger partial charge is 0.286 e. The van der Waals surface area contributed by atoms with E-state index in [1.165, 1.54) is 13.2 Å². The quantitative estimate of drug-likeness (QED) is 0.350. The standard InChI is InChI=1S/C11H13NO4S/c1-11(2,7-13)17-10-5-4-8(16-3)6-9(10)12(14)15/h4-7H,1-3H3. The number of ether oxygens (including phenoxy) is 1. The molecule has 0 unspecified atom stereocenters. The Bertz CT molecular complexity index is 445. The number of nitro groups is 1. The molecule has 6 heteroatoms. The summed E-state index contributed by atoms with van der Waals surface area (Å²) in [5.74, 6) is 0.421. The zero-order chi connectivity index (χ0) is 13.1. The molecular formula is C11H13NO4S. The first-order valence-corrected chi connectivity index (χ1v) is 5.69. The minimum Gasteiger partial charge on any atom is -0.497 e. The van der Waals surface area contributed by atoms with Gasteiger partial charge in [0.25, 0.3) is 5.69 Å². The maximum Gasteiger partial charge on any atom is 0.286 e. The molecule has 0 aliphatic heterocycles. The zero-order valence-corrected chi connectivity index (χ0v) is 10.6. The number of carbonyl (C=O) groups excluding carboxylic acids is 1. The van der Waals surface area contributed by atoms with Crippen LogP contribution in [0.3, 0.4) is 0 Å². The molecule has 92 valence electrons. The van der Waals surface area contributed by atoms with Crippen LogP contribution in [0.4, 0.5) is 5.69 Å². The van der Waals surface area contributed by atoms with Gasteiger partial charge in [-0.05, 0) is 26.0 Å². The van der Waals surface area contributed by atoms with Crippen molar-refractivity contribution >= 4 is 23.7 Å². The third kappa shape index (κ3) is 3.45. The van der Waals surface area contributed by atoms with Gasteiger partial charge < -0.3 is 9.53 Å². The molecule has 0 saturated heterocycles. The monoisotopic (exact) mass is 255 g/mol. The minimum atomic E-state index is -0.695. The van der Waals surface area contributed by atoms with Gasteiger partial charge >= 0.3 is 0 Å². The molecule has 0 atom stereocenters. The van der Waals surface area contributed by atoms with Gasteiger partial charge in [-0.3, -0.25) is 10.1 Å². The molecule has 1 rings (SSSR count). The molecular weight excluding hydrogens is 242 g/mol. The highest BCUT2D eigenvalue weighted by molar-refractivity contribution is 8.01. The molecule has 5 nitrogen and oxygen atoms in total. The summed E-state index contributed by atoms with van der Waals surface area (Å²) in [6.07, 6.45) is 0.769. The lowest BCUT2D eigenvalue weighted by molar-refractivity contribution is -0.387. The molecule has 0 bridgehead atoms. The van der Waals surface area contributed by atoms with E-state index in [0.717, 1.165) is 18.0 Å². The third-order valence-corrected chi connectivity index (χ3v) is 3.21. The normalized spacial score (nSPS) is 11.0. The summed E-state index contributed by atoms with van der Waals surface area (Å²) in [6.45, 7) is 3.41. The van der Waals surface area contributed by atoms with Crippen molar-refractivity contribution in [2.75, 3.05) is 7.11 Å². The van der Waals surface area contributed by atoms with E-state index in [0.29, 0.717) is 10.6 Å². The van der Waals surface area contributed by atoms with Crippen molar-refractivity contribution in [1.82, 2.24) is 0 Å². The second kappa shape index (κ2) is 5.18. The molecule has 0 N–H and O–H groups in total. The van der Waals surface area contributed by atoms with Crippen molar-refractivity contribution in [3.63, 3.8) is 0 Å². The summed E-state index contributed by atoms with van der Waals surface area (Å²) in [7, 11) is 1.45. The molecule has 0 spiro atoms. The van der Waals surface area contributed by atoms with Gasteiger partial charge in [-0.1, -0.05) is 0 Å². The van der Waals surface area contributed by atoms with Gasteiger partial charge in [-0.2, -0.15) is 0 Å². The Morgan fingerprint density at radius 1 is 1.47 bits per heavy atom. The first-order chi connectivity index (χ1) is 7.89. The molecule has 1 aromatic rings. The molecule has 0 radical (unpaired) electrons. The van der Waals surface area contributed by atoms with Gasteiger partial charge in [-0.15, -0.1) is 11.8 Å². The largest absolute Gasteiger partial charge is 0.497 e. The van der Waals surface area contributed by atoms with E-state index in [1.807, 2.05) is 0 Å². The van der Waals surface area contributed by atoms with E-state index < -0.39 is 9.67 Å². The summed E-state index contributed by atoms with van der Waals surface area (Å²) in [4.78, 5) is 21.7. The Morgan fingerprint density at radius 2 is 2.12 bits per heavy atom. The predicted molar refractivity (Wildman–Crippen MR) is 65.6 cm³/mol. The van der Waals surface area contributed by atoms with Crippen LogP contribution < -0.4 is 4.74 Å². The number of thioether (sulfide) groups is 1. The van der Waals surface area contributed by atoms with Crippen LogP contribution in [-0.2, 0) is 4.79 Å². The second-order valence-electron chi connectivity index (χ2n) is 3.91. The molecule has 0 saturated carbocycles. The van der Waals surface area contributed by atoms with Crippen LogP contribution >= 0.6 is 11.8 Å². The molecule has 17 heavy (non-hydrogen) atoms. The average Bonchev–Trinajstić information content (AvgIpc) is 2.29. The maximum absolute atomic E-state index is 10.9. The molecule has 0 fully saturated rings. The molecule has 1 aromatic carbocycles. The Hall–Kier alpha value is -1.56. The number of methoxy groups -OCH3 is 1. The van der Waals surface area contributed by atoms with Crippen LogP contribution in [0.1, 0.15) is 13.8 Å². The van der Waals surface area contributed by atoms with Crippen LogP contribution in [0.2, 0.25) is 0 Å². The fraction of sp³-hybridized carbons (Fsp3) is 0.364. The number of hydrogen-bond donors (Lipinski definition) is 0. The summed E-state index contributed by atoms with van der Waals surface area (Å²) in [5, 5.41) is 10.9. The fourth-order valence-corrected chi connectivity index (χ4v) is 2.15. The zero-order valence-electron chi connectivity index (χ0n) is 9.80. The summed E-state index contributed by atoms with van der Waals surface area (Å²) in [6, 6.07) is 4.58. The maximum atomic E-state index is 10.9. The molecule has 0 aromatic heterocycles. The highest BCUT2D eigenvalue weighted by atomic mass is 32.2. The van der Waals surface area contributed by atoms with E-state index in [9.17, 15) is 14.9 Å². The van der Waals surface area contributed by atoms with Crippen molar-refractivity contribution in [2.24, 2.45) is 0 Å². The number of rotatable bonds is 5. The predicted octanol–water partition coefficient (Wildman–Crippen LogP) is 2.67. The van der Waals surface area contributed by atoms with Crippen LogP contribution in [0.25, 0.3) is 0 Å². The molecule has 0 amide bonds. The van der Waals surface area contributed by atoms with Gasteiger partial charge in [0.05, 0.1) is 27.7 Å². The fourth-order valence-electron chi connectivity index (χ4n) is 1.16. The van der Waals surface area contributed by atoms with Gasteiger partial charge in [0.1, 0.15) is 12.0 Å². The van der Waals surface area contributed by atoms with E-state index in [1.54, 1.807) is 26.0 Å². The van der Waals surface area contributed by atoms with Crippen LogP contribution in [0.15, 0.2) is 23.1 Å². The number of benzene rings is 1. The minimum absolute atomic E-state index is 0.0516. The number of aldehydes is 1. The number of carbonyl (C=O) groups is 1. The Kier molecular flexibility index (Phi) is 4.11. The summed E-state index contributed by atoms with van der Waals surface area (Å²) in [5.41, 5.74) is -0.0516. The van der Waals surface area contributed by atoms with Crippen molar-refractivity contribution in [3.8, 4) is 5.75 Å². The first kappa shape index (κ1) is 13.5. The summed E-state index contributed by atoms with van der Waals surface area (Å²) < 4.78 is 4.24. The topological polar surface area (TPSA) is 69.4 Å². The van der Waals surface area contributed by atoms with Gasteiger partial charge in [-0.25, -0.2) is 0 Å². The third-order valence-electron chi connectivity index (χ3n) is 2.02. The Morgan fingerprint density at radius 3 is 2.59 bits per heavy atom. The SMILES string of the molecule is COc1ccc(SC(C)(C)C=O)c([N+](=O)[O-])c1. The van der Waals surface area contributed by atoms with Crippen molar-refractivity contribution in [3.05, 3.63) is 28.3 Å². The number of nitrogens with zero attached hydrogens (tertiary/aromatic N) is 1. The lowest BCUT2D eigenvalue weighted by Crippen LogP contribution is -2.16. The number of nitro benzene ring substituents is 1. The van der Waals surface area contributed by atoms with Gasteiger partial charge in [0, 0.05) is 0 Å². The second-order valence-corrected chi connectivity index (χ2v) is 5.61. The van der Waals surface area contributed by atoms with E-state index in [-0.39, 0.29) is 5.69 Å². The van der Waals surface area contributed by atoms with Gasteiger partial charge in [0.15, 0.2) is 0 Å². The first-order valence-electron chi connectivity index (χ1n) is 4.87. The van der Waals surface area contributed by atoms with E-state index in [2.05, 4.69) is 0 Å². The van der Waals surface area contributed by atoms with Gasteiger partial charge in [0.2, 0.25) is 0 Å². The van der Waals surface area contributed by atoms with E-state index in [4.69, 9.17) is 4.74 Å². The van der Waals surface area contributed by atoms with E-state index >= 15 is 0 Å². The Labute approximate surface area is 103 Å². The number of hydrogen-bond acceptors (Lipinski definition) is 5. The lowest BCUT2D eigenvalue weighted by Gasteiger charge is -2.16. The average molecular weight is 255 g/mol. The van der Waals surface area contributed by atoms with Crippen LogP contribution in [0.5, 0.6) is 5.75 Å². The van der Waals surface area contributed by atoms with Crippen molar-refractivity contribution in [1.29, 1.82) is 0 Å². The van der Waals surface area contributed by atoms with Crippen LogP contribution in [0, 0.1) is 10.1 Å². The molecule has 0 aliphatic carbocycles. The Balaban J connectivity index is 3.15. The highest BCUT2D eigenvalue weighted by Gasteiger charge is 2.24.